The van der Waals surface area contributed by atoms with Gasteiger partial charge in [-0.05, 0) is 24.3 Å². The minimum absolute atomic E-state index is 0.0430. The Bertz CT molecular complexity index is 852. The minimum atomic E-state index is -3.49. The topological polar surface area (TPSA) is 66.9 Å². The summed E-state index contributed by atoms with van der Waals surface area (Å²) < 4.78 is 32.3. The first-order valence-corrected chi connectivity index (χ1v) is 11.8. The third-order valence-corrected chi connectivity index (χ3v) is 7.26. The Morgan fingerprint density at radius 1 is 0.929 bits per heavy atom. The van der Waals surface area contributed by atoms with Gasteiger partial charge in [-0.3, -0.25) is 4.79 Å². The number of carbonyl (C=O) groups excluding carboxylic acids is 1. The summed E-state index contributed by atoms with van der Waals surface area (Å²) in [4.78, 5) is 14.4. The van der Waals surface area contributed by atoms with Crippen molar-refractivity contribution in [3.63, 3.8) is 0 Å². The molecule has 0 bridgehead atoms. The molecule has 150 valence electrons. The number of rotatable bonds is 8. The van der Waals surface area contributed by atoms with Gasteiger partial charge >= 0.3 is 0 Å². The Morgan fingerprint density at radius 3 is 2.18 bits per heavy atom. The lowest BCUT2D eigenvalue weighted by molar-refractivity contribution is -0.129. The summed E-state index contributed by atoms with van der Waals surface area (Å²) in [6, 6.07) is 18.0. The Morgan fingerprint density at radius 2 is 1.54 bits per heavy atom. The number of thioether (sulfide) groups is 1. The van der Waals surface area contributed by atoms with Gasteiger partial charge in [0.2, 0.25) is 15.9 Å². The van der Waals surface area contributed by atoms with Crippen molar-refractivity contribution in [1.29, 1.82) is 0 Å². The number of ether oxygens (including phenoxy) is 1. The zero-order valence-electron chi connectivity index (χ0n) is 15.6. The average molecular weight is 421 g/mol. The Balaban J connectivity index is 1.38. The number of para-hydroxylation sites is 1. The van der Waals surface area contributed by atoms with E-state index in [1.165, 1.54) is 16.1 Å². The van der Waals surface area contributed by atoms with Gasteiger partial charge in [-0.25, -0.2) is 8.42 Å². The van der Waals surface area contributed by atoms with Crippen molar-refractivity contribution in [2.45, 2.75) is 4.90 Å². The molecule has 0 radical (unpaired) electrons. The van der Waals surface area contributed by atoms with Crippen LogP contribution in [-0.2, 0) is 14.8 Å². The maximum Gasteiger partial charge on any atom is 0.243 e. The summed E-state index contributed by atoms with van der Waals surface area (Å²) in [5, 5.41) is 0. The lowest BCUT2D eigenvalue weighted by atomic mass is 10.3. The Labute approximate surface area is 170 Å². The van der Waals surface area contributed by atoms with E-state index < -0.39 is 10.0 Å². The smallest absolute Gasteiger partial charge is 0.243 e. The normalized spacial score (nSPS) is 15.4. The van der Waals surface area contributed by atoms with E-state index in [9.17, 15) is 13.2 Å². The quantitative estimate of drug-likeness (QED) is 0.613. The molecule has 0 atom stereocenters. The number of hydrogen-bond donors (Lipinski definition) is 0. The predicted molar refractivity (Wildman–Crippen MR) is 111 cm³/mol. The van der Waals surface area contributed by atoms with Crippen LogP contribution < -0.4 is 4.74 Å². The number of carbonyl (C=O) groups is 1. The second-order valence-electron chi connectivity index (χ2n) is 6.31. The summed E-state index contributed by atoms with van der Waals surface area (Å²) >= 11 is 1.53. The molecule has 1 aliphatic rings. The molecule has 8 heteroatoms. The molecule has 1 saturated heterocycles. The van der Waals surface area contributed by atoms with Crippen LogP contribution in [0.5, 0.6) is 5.75 Å². The van der Waals surface area contributed by atoms with Gasteiger partial charge in [-0.15, -0.1) is 11.8 Å². The number of piperazine rings is 1. The third-order valence-electron chi connectivity index (χ3n) is 4.44. The number of hydrogen-bond acceptors (Lipinski definition) is 5. The second-order valence-corrected chi connectivity index (χ2v) is 9.36. The fourth-order valence-electron chi connectivity index (χ4n) is 2.91. The lowest BCUT2D eigenvalue weighted by Crippen LogP contribution is -2.51. The van der Waals surface area contributed by atoms with Gasteiger partial charge in [0.1, 0.15) is 5.75 Å². The number of nitrogens with zero attached hydrogens (tertiary/aromatic N) is 2. The van der Waals surface area contributed by atoms with E-state index in [0.29, 0.717) is 43.4 Å². The van der Waals surface area contributed by atoms with Crippen molar-refractivity contribution in [3.05, 3.63) is 60.7 Å². The maximum absolute atomic E-state index is 12.6. The standard InChI is InChI=1S/C20H24N2O4S2/c23-20(17-27-16-15-26-18-7-3-1-4-8-18)21-11-13-22(14-12-21)28(24,25)19-9-5-2-6-10-19/h1-10H,11-17H2. The van der Waals surface area contributed by atoms with Crippen molar-refractivity contribution in [1.82, 2.24) is 9.21 Å². The Kier molecular flexibility index (Phi) is 7.36. The zero-order chi connectivity index (χ0) is 19.8. The van der Waals surface area contributed by atoms with Crippen LogP contribution in [0.2, 0.25) is 0 Å². The summed E-state index contributed by atoms with van der Waals surface area (Å²) in [7, 11) is -3.49. The van der Waals surface area contributed by atoms with Gasteiger partial charge < -0.3 is 9.64 Å². The molecule has 0 saturated carbocycles. The number of benzene rings is 2. The summed E-state index contributed by atoms with van der Waals surface area (Å²) in [5.74, 6) is 1.97. The van der Waals surface area contributed by atoms with Crippen molar-refractivity contribution >= 4 is 27.7 Å². The number of amides is 1. The van der Waals surface area contributed by atoms with Gasteiger partial charge in [0.05, 0.1) is 17.3 Å². The van der Waals surface area contributed by atoms with Crippen LogP contribution in [0.25, 0.3) is 0 Å². The van der Waals surface area contributed by atoms with Crippen LogP contribution in [0.4, 0.5) is 0 Å². The average Bonchev–Trinajstić information content (AvgIpc) is 2.75. The Hall–Kier alpha value is -2.03. The van der Waals surface area contributed by atoms with Gasteiger partial charge in [0, 0.05) is 31.9 Å². The van der Waals surface area contributed by atoms with Gasteiger partial charge in [0.15, 0.2) is 0 Å². The van der Waals surface area contributed by atoms with Crippen molar-refractivity contribution in [2.75, 3.05) is 44.3 Å². The molecule has 0 aliphatic carbocycles. The van der Waals surface area contributed by atoms with Crippen molar-refractivity contribution in [2.24, 2.45) is 0 Å². The fourth-order valence-corrected chi connectivity index (χ4v) is 5.05. The molecular formula is C20H24N2O4S2. The van der Waals surface area contributed by atoms with E-state index in [4.69, 9.17) is 4.74 Å². The lowest BCUT2D eigenvalue weighted by Gasteiger charge is -2.34. The molecule has 0 unspecified atom stereocenters. The van der Waals surface area contributed by atoms with Crippen LogP contribution in [0, 0.1) is 0 Å². The van der Waals surface area contributed by atoms with E-state index in [2.05, 4.69) is 0 Å². The van der Waals surface area contributed by atoms with Crippen LogP contribution in [0.1, 0.15) is 0 Å². The second kappa shape index (κ2) is 9.95. The molecule has 0 spiro atoms. The minimum Gasteiger partial charge on any atom is -0.493 e. The molecule has 0 N–H and O–H groups in total. The highest BCUT2D eigenvalue weighted by Gasteiger charge is 2.29. The highest BCUT2D eigenvalue weighted by molar-refractivity contribution is 7.99. The van der Waals surface area contributed by atoms with Crippen molar-refractivity contribution < 1.29 is 17.9 Å². The maximum atomic E-state index is 12.6. The highest BCUT2D eigenvalue weighted by atomic mass is 32.2. The molecule has 2 aromatic rings. The van der Waals surface area contributed by atoms with Crippen LogP contribution >= 0.6 is 11.8 Å². The molecule has 3 rings (SSSR count). The molecule has 6 nitrogen and oxygen atoms in total. The van der Waals surface area contributed by atoms with E-state index in [0.717, 1.165) is 11.5 Å². The first-order valence-electron chi connectivity index (χ1n) is 9.16. The van der Waals surface area contributed by atoms with E-state index in [-0.39, 0.29) is 5.91 Å². The summed E-state index contributed by atoms with van der Waals surface area (Å²) in [6.45, 7) is 2.04. The van der Waals surface area contributed by atoms with Crippen molar-refractivity contribution in [3.8, 4) is 5.75 Å². The molecule has 2 aromatic carbocycles. The van der Waals surface area contributed by atoms with E-state index in [1.807, 2.05) is 30.3 Å². The number of sulfonamides is 1. The molecule has 28 heavy (non-hydrogen) atoms. The molecule has 0 aromatic heterocycles. The molecule has 1 fully saturated rings. The molecular weight excluding hydrogens is 396 g/mol. The largest absolute Gasteiger partial charge is 0.493 e. The van der Waals surface area contributed by atoms with E-state index in [1.54, 1.807) is 35.2 Å². The summed E-state index contributed by atoms with van der Waals surface area (Å²) in [5.41, 5.74) is 0. The fraction of sp³-hybridized carbons (Fsp3) is 0.350. The third kappa shape index (κ3) is 5.50. The highest BCUT2D eigenvalue weighted by Crippen LogP contribution is 2.17. The first kappa shape index (κ1) is 20.7. The van der Waals surface area contributed by atoms with Crippen LogP contribution in [-0.4, -0.2) is 67.8 Å². The summed E-state index contributed by atoms with van der Waals surface area (Å²) in [6.07, 6.45) is 0. The molecule has 1 aliphatic heterocycles. The van der Waals surface area contributed by atoms with Crippen LogP contribution in [0.3, 0.4) is 0 Å². The first-order chi connectivity index (χ1) is 13.6. The van der Waals surface area contributed by atoms with Gasteiger partial charge in [-0.2, -0.15) is 4.31 Å². The zero-order valence-corrected chi connectivity index (χ0v) is 17.2. The molecule has 1 amide bonds. The van der Waals surface area contributed by atoms with E-state index >= 15 is 0 Å². The van der Waals surface area contributed by atoms with Gasteiger partial charge in [-0.1, -0.05) is 36.4 Å². The SMILES string of the molecule is O=C(CSCCOc1ccccc1)N1CCN(S(=O)(=O)c2ccccc2)CC1. The van der Waals surface area contributed by atoms with Crippen LogP contribution in [0.15, 0.2) is 65.6 Å². The molecule has 1 heterocycles. The van der Waals surface area contributed by atoms with Gasteiger partial charge in [0.25, 0.3) is 0 Å². The predicted octanol–water partition coefficient (Wildman–Crippen LogP) is 2.33. The monoisotopic (exact) mass is 420 g/mol.